The number of carbonyl (C=O) groups is 1. The van der Waals surface area contributed by atoms with Crippen LogP contribution in [0.4, 0.5) is 5.69 Å². The Bertz CT molecular complexity index is 638. The summed E-state index contributed by atoms with van der Waals surface area (Å²) >= 11 is 5.36. The molecule has 1 aromatic carbocycles. The van der Waals surface area contributed by atoms with Crippen LogP contribution < -0.4 is 11.1 Å². The summed E-state index contributed by atoms with van der Waals surface area (Å²) in [4.78, 5) is 14.4. The van der Waals surface area contributed by atoms with Crippen LogP contribution in [0.2, 0.25) is 0 Å². The summed E-state index contributed by atoms with van der Waals surface area (Å²) in [6.45, 7) is 6.28. The predicted molar refractivity (Wildman–Crippen MR) is 95.6 cm³/mol. The molecule has 0 bridgehead atoms. The van der Waals surface area contributed by atoms with E-state index < -0.39 is 0 Å². The second-order valence-electron chi connectivity index (χ2n) is 6.10. The number of nitrogens with one attached hydrogen (secondary N) is 1. The SMILES string of the molecule is CC1=C(C(=O)OCC(C)C)[C@@H](c2ccc(N)cc2)NC(=S)N1C. The van der Waals surface area contributed by atoms with E-state index in [0.717, 1.165) is 11.3 Å². The fraction of sp³-hybridized carbons (Fsp3) is 0.412. The van der Waals surface area contributed by atoms with E-state index in [2.05, 4.69) is 5.32 Å². The topological polar surface area (TPSA) is 67.6 Å². The van der Waals surface area contributed by atoms with Gasteiger partial charge in [-0.1, -0.05) is 26.0 Å². The maximum Gasteiger partial charge on any atom is 0.338 e. The number of anilines is 1. The highest BCUT2D eigenvalue weighted by molar-refractivity contribution is 7.80. The van der Waals surface area contributed by atoms with Gasteiger partial charge in [0.15, 0.2) is 5.11 Å². The normalized spacial score (nSPS) is 18.2. The Kier molecular flexibility index (Phi) is 5.26. The minimum atomic E-state index is -0.334. The van der Waals surface area contributed by atoms with Crippen molar-refractivity contribution in [1.29, 1.82) is 0 Å². The lowest BCUT2D eigenvalue weighted by Gasteiger charge is -2.35. The van der Waals surface area contributed by atoms with Gasteiger partial charge in [-0.2, -0.15) is 0 Å². The molecule has 0 radical (unpaired) electrons. The molecule has 2 rings (SSSR count). The van der Waals surface area contributed by atoms with Crippen LogP contribution in [0.3, 0.4) is 0 Å². The molecular formula is C17H23N3O2S. The minimum absolute atomic E-state index is 0.283. The molecule has 0 aliphatic carbocycles. The Hall–Kier alpha value is -2.08. The number of benzene rings is 1. The first-order valence-electron chi connectivity index (χ1n) is 7.58. The molecule has 3 N–H and O–H groups in total. The molecule has 0 unspecified atom stereocenters. The van der Waals surface area contributed by atoms with E-state index in [0.29, 0.717) is 23.0 Å². The molecule has 0 spiro atoms. The van der Waals surface area contributed by atoms with Crippen molar-refractivity contribution in [2.24, 2.45) is 5.92 Å². The summed E-state index contributed by atoms with van der Waals surface area (Å²) in [6, 6.07) is 7.07. The van der Waals surface area contributed by atoms with Crippen LogP contribution in [0.1, 0.15) is 32.4 Å². The molecular weight excluding hydrogens is 310 g/mol. The third-order valence-corrected chi connectivity index (χ3v) is 4.18. The van der Waals surface area contributed by atoms with Gasteiger partial charge in [-0.15, -0.1) is 0 Å². The number of rotatable bonds is 4. The maximum absolute atomic E-state index is 12.6. The third kappa shape index (κ3) is 3.82. The molecule has 1 aliphatic heterocycles. The first kappa shape index (κ1) is 17.3. The molecule has 1 aliphatic rings. The molecule has 1 aromatic rings. The van der Waals surface area contributed by atoms with Gasteiger partial charge in [0, 0.05) is 18.4 Å². The summed E-state index contributed by atoms with van der Waals surface area (Å²) in [7, 11) is 1.83. The zero-order valence-electron chi connectivity index (χ0n) is 13.9. The number of esters is 1. The van der Waals surface area contributed by atoms with E-state index in [1.165, 1.54) is 0 Å². The van der Waals surface area contributed by atoms with Crippen LogP contribution in [0, 0.1) is 5.92 Å². The second kappa shape index (κ2) is 7.00. The van der Waals surface area contributed by atoms with Gasteiger partial charge in [-0.3, -0.25) is 0 Å². The summed E-state index contributed by atoms with van der Waals surface area (Å²) in [5.74, 6) is -0.0370. The molecule has 6 heteroatoms. The Balaban J connectivity index is 2.39. The monoisotopic (exact) mass is 333 g/mol. The average Bonchev–Trinajstić information content (AvgIpc) is 2.50. The Morgan fingerprint density at radius 1 is 1.39 bits per heavy atom. The highest BCUT2D eigenvalue weighted by atomic mass is 32.1. The van der Waals surface area contributed by atoms with E-state index in [1.54, 1.807) is 4.90 Å². The highest BCUT2D eigenvalue weighted by Gasteiger charge is 2.33. The lowest BCUT2D eigenvalue weighted by atomic mass is 9.95. The average molecular weight is 333 g/mol. The molecule has 0 saturated heterocycles. The van der Waals surface area contributed by atoms with Crippen LogP contribution >= 0.6 is 12.2 Å². The summed E-state index contributed by atoms with van der Waals surface area (Å²) in [5, 5.41) is 3.78. The molecule has 5 nitrogen and oxygen atoms in total. The van der Waals surface area contributed by atoms with Crippen LogP contribution in [0.5, 0.6) is 0 Å². The summed E-state index contributed by atoms with van der Waals surface area (Å²) in [5.41, 5.74) is 8.72. The molecule has 1 heterocycles. The van der Waals surface area contributed by atoms with Crippen LogP contribution in [0.15, 0.2) is 35.5 Å². The van der Waals surface area contributed by atoms with E-state index in [-0.39, 0.29) is 17.9 Å². The molecule has 23 heavy (non-hydrogen) atoms. The van der Waals surface area contributed by atoms with Crippen molar-refractivity contribution < 1.29 is 9.53 Å². The van der Waals surface area contributed by atoms with Crippen molar-refractivity contribution in [2.75, 3.05) is 19.4 Å². The molecule has 0 fully saturated rings. The number of carbonyl (C=O) groups excluding carboxylic acids is 1. The van der Waals surface area contributed by atoms with Gasteiger partial charge in [-0.25, -0.2) is 4.79 Å². The molecule has 124 valence electrons. The fourth-order valence-corrected chi connectivity index (χ4v) is 2.61. The number of nitrogens with zero attached hydrogens (tertiary/aromatic N) is 1. The van der Waals surface area contributed by atoms with Gasteiger partial charge in [0.25, 0.3) is 0 Å². The van der Waals surface area contributed by atoms with Gasteiger partial charge >= 0.3 is 5.97 Å². The van der Waals surface area contributed by atoms with E-state index in [9.17, 15) is 4.79 Å². The highest BCUT2D eigenvalue weighted by Crippen LogP contribution is 2.31. The van der Waals surface area contributed by atoms with Gasteiger partial charge in [0.1, 0.15) is 0 Å². The number of thiocarbonyl (C=S) groups is 1. The number of hydrogen-bond acceptors (Lipinski definition) is 4. The van der Waals surface area contributed by atoms with Crippen molar-refractivity contribution in [1.82, 2.24) is 10.2 Å². The minimum Gasteiger partial charge on any atom is -0.462 e. The lowest BCUT2D eigenvalue weighted by molar-refractivity contribution is -0.140. The standard InChI is InChI=1S/C17H23N3O2S/c1-10(2)9-22-16(21)14-11(3)20(4)17(23)19-15(14)12-5-7-13(18)8-6-12/h5-8,10,15H,9,18H2,1-4H3,(H,19,23)/t15-/m1/s1. The number of allylic oxidation sites excluding steroid dienone is 1. The quantitative estimate of drug-likeness (QED) is 0.501. The van der Waals surface area contributed by atoms with Gasteiger partial charge < -0.3 is 20.7 Å². The molecule has 0 amide bonds. The van der Waals surface area contributed by atoms with E-state index in [4.69, 9.17) is 22.7 Å². The first-order chi connectivity index (χ1) is 10.8. The fourth-order valence-electron chi connectivity index (χ4n) is 2.36. The Morgan fingerprint density at radius 2 is 2.00 bits per heavy atom. The maximum atomic E-state index is 12.6. The second-order valence-corrected chi connectivity index (χ2v) is 6.49. The van der Waals surface area contributed by atoms with Crippen LogP contribution in [-0.4, -0.2) is 29.6 Å². The third-order valence-electron chi connectivity index (χ3n) is 3.79. The van der Waals surface area contributed by atoms with Gasteiger partial charge in [0.05, 0.1) is 18.2 Å². The predicted octanol–water partition coefficient (Wildman–Crippen LogP) is 2.60. The van der Waals surface area contributed by atoms with Crippen molar-refractivity contribution in [3.63, 3.8) is 0 Å². The molecule has 1 atom stereocenters. The lowest BCUT2D eigenvalue weighted by Crippen LogP contribution is -2.46. The van der Waals surface area contributed by atoms with E-state index in [1.807, 2.05) is 52.1 Å². The number of nitrogen functional groups attached to an aromatic ring is 1. The van der Waals surface area contributed by atoms with Crippen molar-refractivity contribution in [3.8, 4) is 0 Å². The number of hydrogen-bond donors (Lipinski definition) is 2. The summed E-state index contributed by atoms with van der Waals surface area (Å²) in [6.07, 6.45) is 0. The largest absolute Gasteiger partial charge is 0.462 e. The smallest absolute Gasteiger partial charge is 0.338 e. The summed E-state index contributed by atoms with van der Waals surface area (Å²) < 4.78 is 5.44. The van der Waals surface area contributed by atoms with Gasteiger partial charge in [-0.05, 0) is 42.8 Å². The van der Waals surface area contributed by atoms with Crippen molar-refractivity contribution in [2.45, 2.75) is 26.8 Å². The van der Waals surface area contributed by atoms with Crippen molar-refractivity contribution >= 4 is 29.0 Å². The Labute approximate surface area is 142 Å². The zero-order valence-corrected chi connectivity index (χ0v) is 14.7. The Morgan fingerprint density at radius 3 is 2.57 bits per heavy atom. The molecule has 0 aromatic heterocycles. The number of ether oxygens (including phenoxy) is 1. The first-order valence-corrected chi connectivity index (χ1v) is 7.99. The van der Waals surface area contributed by atoms with E-state index >= 15 is 0 Å². The zero-order chi connectivity index (χ0) is 17.1. The van der Waals surface area contributed by atoms with Crippen molar-refractivity contribution in [3.05, 3.63) is 41.1 Å². The van der Waals surface area contributed by atoms with Crippen LogP contribution in [0.25, 0.3) is 0 Å². The van der Waals surface area contributed by atoms with Gasteiger partial charge in [0.2, 0.25) is 0 Å². The van der Waals surface area contributed by atoms with Crippen LogP contribution in [-0.2, 0) is 9.53 Å². The number of nitrogens with two attached hydrogens (primary N) is 1. The molecule has 0 saturated carbocycles.